The highest BCUT2D eigenvalue weighted by Gasteiger charge is 2.43. The van der Waals surface area contributed by atoms with Crippen molar-refractivity contribution < 1.29 is 9.53 Å². The van der Waals surface area contributed by atoms with Gasteiger partial charge in [-0.2, -0.15) is 0 Å². The van der Waals surface area contributed by atoms with E-state index in [1.54, 1.807) is 11.3 Å². The van der Waals surface area contributed by atoms with Crippen LogP contribution >= 0.6 is 11.3 Å². The van der Waals surface area contributed by atoms with Gasteiger partial charge in [0.2, 0.25) is 0 Å². The molecule has 0 fully saturated rings. The molecule has 3 aromatic rings. The third kappa shape index (κ3) is 1.47. The third-order valence-corrected chi connectivity index (χ3v) is 5.17. The number of benzene rings is 2. The first kappa shape index (κ1) is 11.7. The lowest BCUT2D eigenvalue weighted by Gasteiger charge is -2.22. The standard InChI is InChI=1S/C17H12O2S/c1-17(13-8-4-3-7-12(13)16(18)19-17)15-10-11-6-2-5-9-14(11)20-15/h2-10H,1H3. The van der Waals surface area contributed by atoms with E-state index in [-0.39, 0.29) is 5.97 Å². The van der Waals surface area contributed by atoms with Crippen molar-refractivity contribution in [3.05, 3.63) is 70.6 Å². The van der Waals surface area contributed by atoms with Crippen LogP contribution in [-0.2, 0) is 10.3 Å². The van der Waals surface area contributed by atoms with Crippen molar-refractivity contribution in [2.75, 3.05) is 0 Å². The van der Waals surface area contributed by atoms with Gasteiger partial charge in [-0.25, -0.2) is 4.79 Å². The Bertz CT molecular complexity index is 801. The van der Waals surface area contributed by atoms with Crippen LogP contribution in [0.5, 0.6) is 0 Å². The second-order valence-corrected chi connectivity index (χ2v) is 6.20. The van der Waals surface area contributed by atoms with E-state index in [9.17, 15) is 4.79 Å². The molecule has 0 N–H and O–H groups in total. The highest BCUT2D eigenvalue weighted by atomic mass is 32.1. The van der Waals surface area contributed by atoms with E-state index >= 15 is 0 Å². The predicted molar refractivity (Wildman–Crippen MR) is 80.1 cm³/mol. The Hall–Kier alpha value is -2.13. The highest BCUT2D eigenvalue weighted by Crippen LogP contribution is 2.45. The molecule has 98 valence electrons. The Labute approximate surface area is 120 Å². The van der Waals surface area contributed by atoms with Crippen molar-refractivity contribution in [3.63, 3.8) is 0 Å². The molecule has 3 heteroatoms. The summed E-state index contributed by atoms with van der Waals surface area (Å²) in [7, 11) is 0. The van der Waals surface area contributed by atoms with Gasteiger partial charge < -0.3 is 4.74 Å². The number of hydrogen-bond acceptors (Lipinski definition) is 3. The number of thiophene rings is 1. The maximum Gasteiger partial charge on any atom is 0.339 e. The summed E-state index contributed by atoms with van der Waals surface area (Å²) in [6, 6.07) is 18.0. The van der Waals surface area contributed by atoms with E-state index in [1.807, 2.05) is 43.3 Å². The first-order valence-corrected chi connectivity index (χ1v) is 7.32. The molecule has 1 aromatic heterocycles. The first-order chi connectivity index (χ1) is 9.68. The monoisotopic (exact) mass is 280 g/mol. The van der Waals surface area contributed by atoms with Crippen LogP contribution in [0.3, 0.4) is 0 Å². The zero-order chi connectivity index (χ0) is 13.7. The predicted octanol–water partition coefficient (Wildman–Crippen LogP) is 4.34. The van der Waals surface area contributed by atoms with Gasteiger partial charge in [-0.1, -0.05) is 36.4 Å². The van der Waals surface area contributed by atoms with Crippen LogP contribution in [-0.4, -0.2) is 5.97 Å². The SMILES string of the molecule is CC1(c2cc3ccccc3s2)OC(=O)c2ccccc21. The molecule has 0 aliphatic carbocycles. The second-order valence-electron chi connectivity index (χ2n) is 5.12. The molecule has 2 heterocycles. The summed E-state index contributed by atoms with van der Waals surface area (Å²) in [6.07, 6.45) is 0. The molecule has 1 aliphatic rings. The molecule has 2 nitrogen and oxygen atoms in total. The van der Waals surface area contributed by atoms with Gasteiger partial charge in [-0.15, -0.1) is 11.3 Å². The summed E-state index contributed by atoms with van der Waals surface area (Å²) in [5, 5.41) is 1.19. The summed E-state index contributed by atoms with van der Waals surface area (Å²) < 4.78 is 6.92. The minimum atomic E-state index is -0.669. The van der Waals surface area contributed by atoms with Crippen molar-refractivity contribution >= 4 is 27.4 Å². The fourth-order valence-corrected chi connectivity index (χ4v) is 3.93. The van der Waals surface area contributed by atoms with E-state index in [0.29, 0.717) is 5.56 Å². The Morgan fingerprint density at radius 3 is 2.65 bits per heavy atom. The van der Waals surface area contributed by atoms with Crippen molar-refractivity contribution in [1.82, 2.24) is 0 Å². The number of carbonyl (C=O) groups is 1. The third-order valence-electron chi connectivity index (χ3n) is 3.85. The fourth-order valence-electron chi connectivity index (χ4n) is 2.77. The van der Waals surface area contributed by atoms with Crippen LogP contribution in [0, 0.1) is 0 Å². The number of esters is 1. The normalized spacial score (nSPS) is 20.9. The van der Waals surface area contributed by atoms with E-state index in [1.165, 1.54) is 10.1 Å². The van der Waals surface area contributed by atoms with Gasteiger partial charge in [0.05, 0.1) is 10.4 Å². The van der Waals surface area contributed by atoms with E-state index in [2.05, 4.69) is 18.2 Å². The molecule has 0 amide bonds. The molecule has 0 saturated heterocycles. The Morgan fingerprint density at radius 1 is 1.05 bits per heavy atom. The lowest BCUT2D eigenvalue weighted by atomic mass is 9.92. The maximum absolute atomic E-state index is 12.1. The van der Waals surface area contributed by atoms with E-state index in [0.717, 1.165) is 10.4 Å². The van der Waals surface area contributed by atoms with Crippen molar-refractivity contribution in [2.45, 2.75) is 12.5 Å². The molecule has 1 atom stereocenters. The number of ether oxygens (including phenoxy) is 1. The van der Waals surface area contributed by atoms with Crippen LogP contribution in [0.4, 0.5) is 0 Å². The minimum Gasteiger partial charge on any atom is -0.445 e. The van der Waals surface area contributed by atoms with Gasteiger partial charge in [0.25, 0.3) is 0 Å². The molecule has 1 unspecified atom stereocenters. The van der Waals surface area contributed by atoms with Crippen molar-refractivity contribution in [1.29, 1.82) is 0 Å². The van der Waals surface area contributed by atoms with Gasteiger partial charge in [-0.05, 0) is 30.5 Å². The lowest BCUT2D eigenvalue weighted by Crippen LogP contribution is -2.21. The van der Waals surface area contributed by atoms with Gasteiger partial charge in [0.15, 0.2) is 5.60 Å². The average Bonchev–Trinajstić information content (AvgIpc) is 3.01. The Morgan fingerprint density at radius 2 is 1.80 bits per heavy atom. The van der Waals surface area contributed by atoms with Crippen LogP contribution < -0.4 is 0 Å². The molecular weight excluding hydrogens is 268 g/mol. The highest BCUT2D eigenvalue weighted by molar-refractivity contribution is 7.19. The molecule has 0 bridgehead atoms. The van der Waals surface area contributed by atoms with E-state index < -0.39 is 5.60 Å². The number of cyclic esters (lactones) is 1. The summed E-state index contributed by atoms with van der Waals surface area (Å²) in [5.41, 5.74) is 0.959. The summed E-state index contributed by atoms with van der Waals surface area (Å²) in [6.45, 7) is 1.97. The fraction of sp³-hybridized carbons (Fsp3) is 0.118. The Balaban J connectivity index is 1.95. The number of fused-ring (bicyclic) bond motifs is 2. The summed E-state index contributed by atoms with van der Waals surface area (Å²) >= 11 is 1.68. The molecular formula is C17H12O2S. The second kappa shape index (κ2) is 3.93. The molecule has 0 saturated carbocycles. The summed E-state index contributed by atoms with van der Waals surface area (Å²) in [5.74, 6) is -0.236. The van der Waals surface area contributed by atoms with Crippen LogP contribution in [0.25, 0.3) is 10.1 Å². The zero-order valence-corrected chi connectivity index (χ0v) is 11.7. The smallest absolute Gasteiger partial charge is 0.339 e. The van der Waals surface area contributed by atoms with Crippen LogP contribution in [0.2, 0.25) is 0 Å². The molecule has 1 aliphatic heterocycles. The summed E-state index contributed by atoms with van der Waals surface area (Å²) in [4.78, 5) is 13.1. The van der Waals surface area contributed by atoms with Gasteiger partial charge in [-0.3, -0.25) is 0 Å². The van der Waals surface area contributed by atoms with Crippen molar-refractivity contribution in [2.24, 2.45) is 0 Å². The molecule has 4 rings (SSSR count). The van der Waals surface area contributed by atoms with E-state index in [4.69, 9.17) is 4.74 Å². The number of carbonyl (C=O) groups excluding carboxylic acids is 1. The number of hydrogen-bond donors (Lipinski definition) is 0. The number of rotatable bonds is 1. The maximum atomic E-state index is 12.1. The topological polar surface area (TPSA) is 26.3 Å². The largest absolute Gasteiger partial charge is 0.445 e. The van der Waals surface area contributed by atoms with Crippen LogP contribution in [0.1, 0.15) is 27.7 Å². The first-order valence-electron chi connectivity index (χ1n) is 6.50. The van der Waals surface area contributed by atoms with Gasteiger partial charge in [0, 0.05) is 10.3 Å². The molecule has 0 radical (unpaired) electrons. The van der Waals surface area contributed by atoms with Crippen molar-refractivity contribution in [3.8, 4) is 0 Å². The zero-order valence-electron chi connectivity index (χ0n) is 10.9. The average molecular weight is 280 g/mol. The quantitative estimate of drug-likeness (QED) is 0.620. The minimum absolute atomic E-state index is 0.236. The van der Waals surface area contributed by atoms with Gasteiger partial charge in [0.1, 0.15) is 0 Å². The van der Waals surface area contributed by atoms with Crippen LogP contribution in [0.15, 0.2) is 54.6 Å². The Kier molecular flexibility index (Phi) is 2.30. The lowest BCUT2D eigenvalue weighted by molar-refractivity contribution is 0.0193. The van der Waals surface area contributed by atoms with Gasteiger partial charge >= 0.3 is 5.97 Å². The molecule has 20 heavy (non-hydrogen) atoms. The molecule has 0 spiro atoms. The molecule has 2 aromatic carbocycles.